The van der Waals surface area contributed by atoms with Gasteiger partial charge in [0.1, 0.15) is 0 Å². The van der Waals surface area contributed by atoms with Gasteiger partial charge in [0.2, 0.25) is 0 Å². The second-order valence-corrected chi connectivity index (χ2v) is 6.78. The number of carbonyl (C=O) groups is 2. The first-order valence-electron chi connectivity index (χ1n) is 8.79. The maximum Gasteiger partial charge on any atom is 0.263 e. The molecular formula is C23H19NO3. The summed E-state index contributed by atoms with van der Waals surface area (Å²) < 4.78 is 0. The Labute approximate surface area is 157 Å². The van der Waals surface area contributed by atoms with E-state index in [1.54, 1.807) is 43.4 Å². The zero-order chi connectivity index (χ0) is 19.0. The fraction of sp³-hybridized carbons (Fsp3) is 0.130. The first-order valence-corrected chi connectivity index (χ1v) is 8.79. The molecule has 0 fully saturated rings. The molecule has 4 heteroatoms. The molecule has 0 aliphatic carbocycles. The van der Waals surface area contributed by atoms with E-state index in [1.807, 2.05) is 42.5 Å². The highest BCUT2D eigenvalue weighted by molar-refractivity contribution is 6.10. The van der Waals surface area contributed by atoms with Crippen LogP contribution in [0.1, 0.15) is 22.3 Å². The molecule has 4 nitrogen and oxygen atoms in total. The molecule has 1 atom stereocenters. The van der Waals surface area contributed by atoms with Crippen LogP contribution in [0, 0.1) is 0 Å². The second-order valence-electron chi connectivity index (χ2n) is 6.78. The third kappa shape index (κ3) is 2.84. The Morgan fingerprint density at radius 2 is 1.48 bits per heavy atom. The molecule has 1 N–H and O–H groups in total. The molecule has 1 heterocycles. The normalized spacial score (nSPS) is 18.4. The van der Waals surface area contributed by atoms with E-state index in [0.29, 0.717) is 16.8 Å². The van der Waals surface area contributed by atoms with Crippen molar-refractivity contribution in [2.45, 2.75) is 12.0 Å². The van der Waals surface area contributed by atoms with Crippen molar-refractivity contribution >= 4 is 17.4 Å². The van der Waals surface area contributed by atoms with Crippen molar-refractivity contribution in [1.82, 2.24) is 0 Å². The lowest BCUT2D eigenvalue weighted by molar-refractivity contribution is -0.135. The molecule has 0 saturated carbocycles. The Hall–Kier alpha value is -3.24. The smallest absolute Gasteiger partial charge is 0.263 e. The molecule has 0 spiro atoms. The summed E-state index contributed by atoms with van der Waals surface area (Å²) in [7, 11) is 1.61. The number of carbonyl (C=O) groups excluding carboxylic acids is 2. The molecule has 1 aliphatic rings. The van der Waals surface area contributed by atoms with Crippen LogP contribution < -0.4 is 4.90 Å². The highest BCUT2D eigenvalue weighted by Crippen LogP contribution is 2.42. The standard InChI is InChI=1S/C23H19NO3/c1-24-20-10-6-5-9-19(20)23(27,22(24)26)15-21(25)18-13-11-17(12-14-18)16-7-3-2-4-8-16/h2-14,27H,15H2,1H3. The summed E-state index contributed by atoms with van der Waals surface area (Å²) in [6.07, 6.45) is -0.280. The van der Waals surface area contributed by atoms with E-state index in [4.69, 9.17) is 0 Å². The van der Waals surface area contributed by atoms with Gasteiger partial charge in [-0.05, 0) is 17.2 Å². The SMILES string of the molecule is CN1C(=O)C(O)(CC(=O)c2ccc(-c3ccccc3)cc2)c2ccccc21. The molecular weight excluding hydrogens is 338 g/mol. The number of Topliss-reactive ketones (excluding diaryl/α,β-unsaturated/α-hetero) is 1. The van der Waals surface area contributed by atoms with Crippen LogP contribution in [0.4, 0.5) is 5.69 Å². The fourth-order valence-corrected chi connectivity index (χ4v) is 3.60. The highest BCUT2D eigenvalue weighted by atomic mass is 16.3. The van der Waals surface area contributed by atoms with Crippen molar-refractivity contribution in [3.05, 3.63) is 90.0 Å². The van der Waals surface area contributed by atoms with Crippen LogP contribution in [0.5, 0.6) is 0 Å². The van der Waals surface area contributed by atoms with Crippen molar-refractivity contribution < 1.29 is 14.7 Å². The van der Waals surface area contributed by atoms with Crippen molar-refractivity contribution in [1.29, 1.82) is 0 Å². The molecule has 4 rings (SSSR count). The van der Waals surface area contributed by atoms with Gasteiger partial charge in [0.15, 0.2) is 11.4 Å². The van der Waals surface area contributed by atoms with Crippen LogP contribution in [0.3, 0.4) is 0 Å². The number of fused-ring (bicyclic) bond motifs is 1. The van der Waals surface area contributed by atoms with Gasteiger partial charge in [-0.15, -0.1) is 0 Å². The summed E-state index contributed by atoms with van der Waals surface area (Å²) in [5, 5.41) is 11.0. The minimum atomic E-state index is -1.82. The van der Waals surface area contributed by atoms with E-state index in [1.165, 1.54) is 4.90 Å². The first kappa shape index (κ1) is 17.2. The number of nitrogens with zero attached hydrogens (tertiary/aromatic N) is 1. The lowest BCUT2D eigenvalue weighted by Crippen LogP contribution is -2.40. The van der Waals surface area contributed by atoms with E-state index in [0.717, 1.165) is 11.1 Å². The van der Waals surface area contributed by atoms with Crippen LogP contribution >= 0.6 is 0 Å². The van der Waals surface area contributed by atoms with Gasteiger partial charge < -0.3 is 10.0 Å². The quantitative estimate of drug-likeness (QED) is 0.723. The molecule has 1 amide bonds. The third-order valence-corrected chi connectivity index (χ3v) is 5.10. The van der Waals surface area contributed by atoms with E-state index < -0.39 is 11.5 Å². The maximum atomic E-state index is 12.8. The van der Waals surface area contributed by atoms with Crippen molar-refractivity contribution in [3.63, 3.8) is 0 Å². The van der Waals surface area contributed by atoms with Gasteiger partial charge in [0.05, 0.1) is 12.1 Å². The van der Waals surface area contributed by atoms with Crippen LogP contribution in [-0.2, 0) is 10.4 Å². The number of aliphatic hydroxyl groups is 1. The van der Waals surface area contributed by atoms with Gasteiger partial charge in [-0.1, -0.05) is 72.8 Å². The Balaban J connectivity index is 1.60. The molecule has 3 aromatic rings. The number of para-hydroxylation sites is 1. The number of rotatable bonds is 4. The Kier molecular flexibility index (Phi) is 4.13. The molecule has 0 aromatic heterocycles. The predicted octanol–water partition coefficient (Wildman–Crippen LogP) is 3.79. The van der Waals surface area contributed by atoms with Crippen LogP contribution in [0.15, 0.2) is 78.9 Å². The van der Waals surface area contributed by atoms with Crippen LogP contribution in [-0.4, -0.2) is 23.8 Å². The van der Waals surface area contributed by atoms with E-state index in [2.05, 4.69) is 0 Å². The minimum absolute atomic E-state index is 0.268. The Morgan fingerprint density at radius 1 is 0.889 bits per heavy atom. The number of hydrogen-bond donors (Lipinski definition) is 1. The summed E-state index contributed by atoms with van der Waals surface area (Å²) in [5.74, 6) is -0.742. The van der Waals surface area contributed by atoms with E-state index >= 15 is 0 Å². The van der Waals surface area contributed by atoms with Gasteiger partial charge in [-0.3, -0.25) is 9.59 Å². The lowest BCUT2D eigenvalue weighted by atomic mass is 9.88. The van der Waals surface area contributed by atoms with Crippen molar-refractivity contribution in [2.24, 2.45) is 0 Å². The summed E-state index contributed by atoms with van der Waals surface area (Å²) >= 11 is 0. The Bertz CT molecular complexity index is 1010. The maximum absolute atomic E-state index is 12.8. The second kappa shape index (κ2) is 6.49. The first-order chi connectivity index (χ1) is 13.0. The number of ketones is 1. The average Bonchev–Trinajstić information content (AvgIpc) is 2.90. The molecule has 0 bridgehead atoms. The van der Waals surface area contributed by atoms with Crippen LogP contribution in [0.25, 0.3) is 11.1 Å². The van der Waals surface area contributed by atoms with Crippen molar-refractivity contribution in [3.8, 4) is 11.1 Å². The molecule has 27 heavy (non-hydrogen) atoms. The highest BCUT2D eigenvalue weighted by Gasteiger charge is 2.49. The summed E-state index contributed by atoms with van der Waals surface area (Å²) in [5.41, 5.74) is 1.84. The number of anilines is 1. The summed E-state index contributed by atoms with van der Waals surface area (Å²) in [4.78, 5) is 26.8. The molecule has 0 radical (unpaired) electrons. The topological polar surface area (TPSA) is 57.6 Å². The van der Waals surface area contributed by atoms with Crippen molar-refractivity contribution in [2.75, 3.05) is 11.9 Å². The van der Waals surface area contributed by atoms with E-state index in [-0.39, 0.29) is 12.2 Å². The largest absolute Gasteiger partial charge is 0.375 e. The predicted molar refractivity (Wildman–Crippen MR) is 105 cm³/mol. The van der Waals surface area contributed by atoms with Gasteiger partial charge >= 0.3 is 0 Å². The summed E-state index contributed by atoms with van der Waals surface area (Å²) in [6, 6.07) is 24.1. The molecule has 3 aromatic carbocycles. The number of amides is 1. The number of benzene rings is 3. The molecule has 1 unspecified atom stereocenters. The zero-order valence-electron chi connectivity index (χ0n) is 14.9. The molecule has 134 valence electrons. The average molecular weight is 357 g/mol. The summed E-state index contributed by atoms with van der Waals surface area (Å²) in [6.45, 7) is 0. The van der Waals surface area contributed by atoms with E-state index in [9.17, 15) is 14.7 Å². The van der Waals surface area contributed by atoms with Gasteiger partial charge in [-0.2, -0.15) is 0 Å². The van der Waals surface area contributed by atoms with Gasteiger partial charge in [0.25, 0.3) is 5.91 Å². The van der Waals surface area contributed by atoms with Gasteiger partial charge in [0, 0.05) is 18.2 Å². The monoisotopic (exact) mass is 357 g/mol. The Morgan fingerprint density at radius 3 is 2.19 bits per heavy atom. The van der Waals surface area contributed by atoms with Crippen LogP contribution in [0.2, 0.25) is 0 Å². The zero-order valence-corrected chi connectivity index (χ0v) is 14.9. The number of hydrogen-bond acceptors (Lipinski definition) is 3. The molecule has 1 aliphatic heterocycles. The van der Waals surface area contributed by atoms with Gasteiger partial charge in [-0.25, -0.2) is 0 Å². The minimum Gasteiger partial charge on any atom is -0.375 e. The molecule has 0 saturated heterocycles. The lowest BCUT2D eigenvalue weighted by Gasteiger charge is -2.21. The number of likely N-dealkylation sites (N-methyl/N-ethyl adjacent to an activating group) is 1. The third-order valence-electron chi connectivity index (χ3n) is 5.10. The fourth-order valence-electron chi connectivity index (χ4n) is 3.60.